The monoisotopic (exact) mass is 381 g/mol. The Labute approximate surface area is 148 Å². The first kappa shape index (κ1) is 22.0. The molecule has 10 heteroatoms. The van der Waals surface area contributed by atoms with Gasteiger partial charge in [-0.1, -0.05) is 6.07 Å². The van der Waals surface area contributed by atoms with Gasteiger partial charge in [0.05, 0.1) is 38.1 Å². The number of aliphatic hydroxyl groups excluding tert-OH is 1. The van der Waals surface area contributed by atoms with Gasteiger partial charge >= 0.3 is 12.3 Å². The van der Waals surface area contributed by atoms with E-state index in [1.54, 1.807) is 0 Å². The molecule has 1 atom stereocenters. The summed E-state index contributed by atoms with van der Waals surface area (Å²) in [5.41, 5.74) is -1.15. The molecule has 1 rings (SSSR count). The van der Waals surface area contributed by atoms with E-state index < -0.39 is 23.9 Å². The number of carboxylic acid groups (broad SMARTS) is 1. The first-order valence-electron chi connectivity index (χ1n) is 7.86. The van der Waals surface area contributed by atoms with Crippen molar-refractivity contribution in [1.82, 2.24) is 5.32 Å². The summed E-state index contributed by atoms with van der Waals surface area (Å²) in [6.45, 7) is 2.33. The molecule has 0 spiro atoms. The number of hydrogen-bond donors (Lipinski definition) is 3. The minimum Gasteiger partial charge on any atom is -0.491 e. The van der Waals surface area contributed by atoms with Crippen molar-refractivity contribution in [3.8, 4) is 5.75 Å². The number of benzene rings is 1. The van der Waals surface area contributed by atoms with Crippen molar-refractivity contribution < 1.29 is 42.4 Å². The lowest BCUT2D eigenvalue weighted by atomic mass is 10.0. The van der Waals surface area contributed by atoms with Gasteiger partial charge in [0, 0.05) is 6.54 Å². The lowest BCUT2D eigenvalue weighted by molar-refractivity contribution is -0.139. The Morgan fingerprint density at radius 1 is 1.15 bits per heavy atom. The average Bonchev–Trinajstić information content (AvgIpc) is 2.55. The second-order valence-corrected chi connectivity index (χ2v) is 5.23. The van der Waals surface area contributed by atoms with Crippen LogP contribution in [0.4, 0.5) is 18.0 Å². The second-order valence-electron chi connectivity index (χ2n) is 5.23. The number of halogens is 3. The van der Waals surface area contributed by atoms with E-state index in [9.17, 15) is 23.1 Å². The zero-order valence-corrected chi connectivity index (χ0v) is 14.2. The molecule has 1 aromatic carbocycles. The van der Waals surface area contributed by atoms with Crippen LogP contribution in [0.3, 0.4) is 0 Å². The zero-order valence-electron chi connectivity index (χ0n) is 14.2. The highest BCUT2D eigenvalue weighted by molar-refractivity contribution is 5.64. The van der Waals surface area contributed by atoms with Crippen molar-refractivity contribution in [2.24, 2.45) is 0 Å². The van der Waals surface area contributed by atoms with Gasteiger partial charge in [0.15, 0.2) is 0 Å². The fourth-order valence-electron chi connectivity index (χ4n) is 2.01. The van der Waals surface area contributed by atoms with Gasteiger partial charge in [-0.2, -0.15) is 13.2 Å². The summed E-state index contributed by atoms with van der Waals surface area (Å²) in [7, 11) is 0. The molecule has 0 saturated carbocycles. The highest BCUT2D eigenvalue weighted by atomic mass is 19.4. The highest BCUT2D eigenvalue weighted by Crippen LogP contribution is 2.36. The van der Waals surface area contributed by atoms with Crippen molar-refractivity contribution in [3.05, 3.63) is 29.3 Å². The summed E-state index contributed by atoms with van der Waals surface area (Å²) < 4.78 is 54.5. The van der Waals surface area contributed by atoms with Crippen LogP contribution in [0.5, 0.6) is 5.75 Å². The van der Waals surface area contributed by atoms with Crippen LogP contribution >= 0.6 is 0 Å². The summed E-state index contributed by atoms with van der Waals surface area (Å²) in [6.07, 6.45) is -6.96. The fraction of sp³-hybridized carbons (Fsp3) is 0.562. The molecule has 0 aliphatic heterocycles. The van der Waals surface area contributed by atoms with Gasteiger partial charge < -0.3 is 29.7 Å². The standard InChI is InChI=1S/C16H22F3NO6/c1-11(21)13-3-2-12(10-14(13)16(17,18)19)26-9-8-25-7-6-24-5-4-20-15(22)23/h2-3,10-11,20-21H,4-9H2,1H3,(H,22,23). The van der Waals surface area contributed by atoms with Crippen LogP contribution in [0.2, 0.25) is 0 Å². The Bertz CT molecular complexity index is 565. The van der Waals surface area contributed by atoms with Crippen molar-refractivity contribution in [1.29, 1.82) is 0 Å². The Morgan fingerprint density at radius 3 is 2.35 bits per heavy atom. The van der Waals surface area contributed by atoms with Crippen LogP contribution < -0.4 is 10.1 Å². The molecule has 0 heterocycles. The van der Waals surface area contributed by atoms with E-state index in [-0.39, 0.29) is 50.9 Å². The molecule has 0 aliphatic carbocycles. The van der Waals surface area contributed by atoms with Crippen molar-refractivity contribution in [2.45, 2.75) is 19.2 Å². The second kappa shape index (κ2) is 10.8. The average molecular weight is 381 g/mol. The first-order chi connectivity index (χ1) is 12.2. The van der Waals surface area contributed by atoms with Gasteiger partial charge in [-0.3, -0.25) is 0 Å². The molecule has 1 aromatic rings. The van der Waals surface area contributed by atoms with E-state index in [1.807, 2.05) is 0 Å². The fourth-order valence-corrected chi connectivity index (χ4v) is 2.01. The SMILES string of the molecule is CC(O)c1ccc(OCCOCCOCCNC(=O)O)cc1C(F)(F)F. The molecule has 0 bridgehead atoms. The van der Waals surface area contributed by atoms with Gasteiger partial charge in [0.2, 0.25) is 0 Å². The van der Waals surface area contributed by atoms with Gasteiger partial charge in [-0.15, -0.1) is 0 Å². The van der Waals surface area contributed by atoms with E-state index in [1.165, 1.54) is 19.1 Å². The molecule has 3 N–H and O–H groups in total. The predicted octanol–water partition coefficient (Wildman–Crippen LogP) is 2.44. The Balaban J connectivity index is 2.28. The Kier molecular flexibility index (Phi) is 9.17. The Morgan fingerprint density at radius 2 is 1.77 bits per heavy atom. The van der Waals surface area contributed by atoms with E-state index in [0.29, 0.717) is 0 Å². The smallest absolute Gasteiger partial charge is 0.416 e. The minimum absolute atomic E-state index is 0.0290. The zero-order chi connectivity index (χ0) is 19.6. The number of alkyl halides is 3. The summed E-state index contributed by atoms with van der Waals surface area (Å²) in [5.74, 6) is 0.0290. The van der Waals surface area contributed by atoms with Crippen molar-refractivity contribution in [2.75, 3.05) is 39.6 Å². The maximum Gasteiger partial charge on any atom is 0.416 e. The van der Waals surface area contributed by atoms with Crippen LogP contribution in [-0.2, 0) is 15.7 Å². The van der Waals surface area contributed by atoms with E-state index in [0.717, 1.165) is 6.07 Å². The number of rotatable bonds is 11. The number of aliphatic hydroxyl groups is 1. The first-order valence-corrected chi connectivity index (χ1v) is 7.86. The normalized spacial score (nSPS) is 12.7. The van der Waals surface area contributed by atoms with Crippen molar-refractivity contribution >= 4 is 6.09 Å². The Hall–Kier alpha value is -2.04. The van der Waals surface area contributed by atoms with Crippen LogP contribution in [0.1, 0.15) is 24.2 Å². The van der Waals surface area contributed by atoms with E-state index in [2.05, 4.69) is 5.32 Å². The number of ether oxygens (including phenoxy) is 3. The number of amides is 1. The highest BCUT2D eigenvalue weighted by Gasteiger charge is 2.34. The van der Waals surface area contributed by atoms with Crippen LogP contribution in [0, 0.1) is 0 Å². The third-order valence-electron chi connectivity index (χ3n) is 3.17. The predicted molar refractivity (Wildman–Crippen MR) is 85.2 cm³/mol. The van der Waals surface area contributed by atoms with Crippen molar-refractivity contribution in [3.63, 3.8) is 0 Å². The molecule has 0 aromatic heterocycles. The van der Waals surface area contributed by atoms with Gasteiger partial charge in [-0.05, 0) is 24.6 Å². The van der Waals surface area contributed by atoms with Gasteiger partial charge in [0.25, 0.3) is 0 Å². The summed E-state index contributed by atoms with van der Waals surface area (Å²) in [5, 5.41) is 19.9. The lowest BCUT2D eigenvalue weighted by Gasteiger charge is -2.16. The molecule has 0 fully saturated rings. The third kappa shape index (κ3) is 8.37. The molecule has 148 valence electrons. The van der Waals surface area contributed by atoms with E-state index in [4.69, 9.17) is 19.3 Å². The number of hydrogen-bond acceptors (Lipinski definition) is 5. The molecule has 1 unspecified atom stereocenters. The topological polar surface area (TPSA) is 97.3 Å². The third-order valence-corrected chi connectivity index (χ3v) is 3.17. The summed E-state index contributed by atoms with van der Waals surface area (Å²) in [6, 6.07) is 3.39. The van der Waals surface area contributed by atoms with Gasteiger partial charge in [0.1, 0.15) is 12.4 Å². The molecule has 26 heavy (non-hydrogen) atoms. The van der Waals surface area contributed by atoms with Crippen LogP contribution in [0.15, 0.2) is 18.2 Å². The van der Waals surface area contributed by atoms with E-state index >= 15 is 0 Å². The molecule has 0 saturated heterocycles. The quantitative estimate of drug-likeness (QED) is 0.510. The minimum atomic E-state index is -4.59. The molecular weight excluding hydrogens is 359 g/mol. The molecule has 0 aliphatic rings. The largest absolute Gasteiger partial charge is 0.491 e. The molecule has 1 amide bonds. The van der Waals surface area contributed by atoms with Crippen LogP contribution in [-0.4, -0.2) is 55.9 Å². The van der Waals surface area contributed by atoms with Gasteiger partial charge in [-0.25, -0.2) is 4.79 Å². The molecular formula is C16H22F3NO6. The van der Waals surface area contributed by atoms with Crippen LogP contribution in [0.25, 0.3) is 0 Å². The summed E-state index contributed by atoms with van der Waals surface area (Å²) in [4.78, 5) is 10.2. The lowest BCUT2D eigenvalue weighted by Crippen LogP contribution is -2.25. The maximum absolute atomic E-state index is 13.0. The maximum atomic E-state index is 13.0. The molecule has 0 radical (unpaired) electrons. The number of nitrogens with one attached hydrogen (secondary N) is 1. The summed E-state index contributed by atoms with van der Waals surface area (Å²) >= 11 is 0. The molecule has 7 nitrogen and oxygen atoms in total. The number of carbonyl (C=O) groups is 1.